The number of hydrogen-bond acceptors (Lipinski definition) is 3. The Morgan fingerprint density at radius 3 is 2.93 bits per heavy atom. The minimum atomic E-state index is 0.743. The van der Waals surface area contributed by atoms with Crippen LogP contribution in [0.4, 0.5) is 5.69 Å². The van der Waals surface area contributed by atoms with Crippen LogP contribution in [-0.2, 0) is 4.74 Å². The van der Waals surface area contributed by atoms with E-state index in [1.807, 2.05) is 24.3 Å². The van der Waals surface area contributed by atoms with E-state index < -0.39 is 0 Å². The number of ether oxygens (including phenoxy) is 1. The molecule has 0 atom stereocenters. The molecule has 1 aromatic rings. The van der Waals surface area contributed by atoms with Gasteiger partial charge in [0.25, 0.3) is 0 Å². The Morgan fingerprint density at radius 1 is 1.20 bits per heavy atom. The van der Waals surface area contributed by atoms with Crippen molar-refractivity contribution in [2.24, 2.45) is 0 Å². The molecule has 0 bridgehead atoms. The number of carbonyl (C=O) groups is 1. The summed E-state index contributed by atoms with van der Waals surface area (Å²) in [4.78, 5) is 13.1. The van der Waals surface area contributed by atoms with Gasteiger partial charge in [0.1, 0.15) is 0 Å². The highest BCUT2D eigenvalue weighted by Gasteiger charge is 2.12. The summed E-state index contributed by atoms with van der Waals surface area (Å²) < 4.78 is 5.39. The van der Waals surface area contributed by atoms with Crippen LogP contribution in [0.3, 0.4) is 0 Å². The van der Waals surface area contributed by atoms with Crippen LogP contribution >= 0.6 is 0 Å². The molecular weight excluding hydrogens is 190 g/mol. The fourth-order valence-corrected chi connectivity index (χ4v) is 1.86. The van der Waals surface area contributed by atoms with Gasteiger partial charge in [-0.1, -0.05) is 12.1 Å². The average Bonchev–Trinajstić information content (AvgIpc) is 2.57. The predicted molar refractivity (Wildman–Crippen MR) is 59.5 cm³/mol. The van der Waals surface area contributed by atoms with E-state index in [1.54, 1.807) is 0 Å². The van der Waals surface area contributed by atoms with Gasteiger partial charge in [-0.05, 0) is 18.6 Å². The molecule has 15 heavy (non-hydrogen) atoms. The summed E-state index contributed by atoms with van der Waals surface area (Å²) in [7, 11) is 0. The summed E-state index contributed by atoms with van der Waals surface area (Å²) in [5, 5.41) is 0. The number of benzene rings is 1. The first-order valence-electron chi connectivity index (χ1n) is 5.29. The SMILES string of the molecule is O=Cc1ccccc1N1CCCOCC1. The van der Waals surface area contributed by atoms with Gasteiger partial charge in [-0.3, -0.25) is 4.79 Å². The number of carbonyl (C=O) groups excluding carboxylic acids is 1. The van der Waals surface area contributed by atoms with Crippen molar-refractivity contribution in [2.45, 2.75) is 6.42 Å². The van der Waals surface area contributed by atoms with E-state index in [-0.39, 0.29) is 0 Å². The van der Waals surface area contributed by atoms with Crippen LogP contribution in [0.15, 0.2) is 24.3 Å². The van der Waals surface area contributed by atoms with Crippen molar-refractivity contribution < 1.29 is 9.53 Å². The van der Waals surface area contributed by atoms with Crippen molar-refractivity contribution in [3.63, 3.8) is 0 Å². The van der Waals surface area contributed by atoms with Crippen LogP contribution in [0.1, 0.15) is 16.8 Å². The topological polar surface area (TPSA) is 29.5 Å². The van der Waals surface area contributed by atoms with Gasteiger partial charge in [0.2, 0.25) is 0 Å². The lowest BCUT2D eigenvalue weighted by Gasteiger charge is -2.23. The van der Waals surface area contributed by atoms with Crippen molar-refractivity contribution in [3.8, 4) is 0 Å². The normalized spacial score (nSPS) is 17.2. The zero-order valence-electron chi connectivity index (χ0n) is 8.69. The molecule has 0 spiro atoms. The highest BCUT2D eigenvalue weighted by molar-refractivity contribution is 5.84. The summed E-state index contributed by atoms with van der Waals surface area (Å²) in [6.45, 7) is 3.39. The molecule has 3 heteroatoms. The Hall–Kier alpha value is -1.35. The predicted octanol–water partition coefficient (Wildman–Crippen LogP) is 1.73. The number of para-hydroxylation sites is 1. The number of hydrogen-bond donors (Lipinski definition) is 0. The van der Waals surface area contributed by atoms with E-state index in [4.69, 9.17) is 4.74 Å². The van der Waals surface area contributed by atoms with E-state index in [0.29, 0.717) is 0 Å². The van der Waals surface area contributed by atoms with E-state index in [1.165, 1.54) is 0 Å². The Kier molecular flexibility index (Phi) is 3.35. The molecule has 80 valence electrons. The highest BCUT2D eigenvalue weighted by atomic mass is 16.5. The van der Waals surface area contributed by atoms with E-state index in [2.05, 4.69) is 4.90 Å². The van der Waals surface area contributed by atoms with Gasteiger partial charge in [0, 0.05) is 30.9 Å². The molecule has 1 heterocycles. The molecule has 0 aliphatic carbocycles. The zero-order valence-corrected chi connectivity index (χ0v) is 8.69. The van der Waals surface area contributed by atoms with Crippen molar-refractivity contribution in [3.05, 3.63) is 29.8 Å². The monoisotopic (exact) mass is 205 g/mol. The van der Waals surface area contributed by atoms with Crippen LogP contribution in [0.5, 0.6) is 0 Å². The van der Waals surface area contributed by atoms with Gasteiger partial charge in [-0.15, -0.1) is 0 Å². The van der Waals surface area contributed by atoms with Crippen molar-refractivity contribution in [1.29, 1.82) is 0 Å². The largest absolute Gasteiger partial charge is 0.380 e. The molecule has 0 N–H and O–H groups in total. The summed E-state index contributed by atoms with van der Waals surface area (Å²) in [6.07, 6.45) is 1.94. The Labute approximate surface area is 89.7 Å². The molecule has 1 aromatic carbocycles. The Balaban J connectivity index is 2.22. The molecule has 0 saturated carbocycles. The number of aldehydes is 1. The average molecular weight is 205 g/mol. The minimum Gasteiger partial charge on any atom is -0.380 e. The summed E-state index contributed by atoms with van der Waals surface area (Å²) in [6, 6.07) is 7.71. The zero-order chi connectivity index (χ0) is 10.5. The van der Waals surface area contributed by atoms with Crippen molar-refractivity contribution in [1.82, 2.24) is 0 Å². The third-order valence-electron chi connectivity index (χ3n) is 2.63. The van der Waals surface area contributed by atoms with Gasteiger partial charge < -0.3 is 9.64 Å². The molecule has 0 aromatic heterocycles. The quantitative estimate of drug-likeness (QED) is 0.688. The van der Waals surface area contributed by atoms with Crippen LogP contribution in [-0.4, -0.2) is 32.6 Å². The molecule has 1 saturated heterocycles. The lowest BCUT2D eigenvalue weighted by molar-refractivity contribution is 0.112. The second kappa shape index (κ2) is 4.94. The molecule has 1 aliphatic heterocycles. The Bertz CT molecular complexity index is 330. The van der Waals surface area contributed by atoms with Crippen LogP contribution in [0.2, 0.25) is 0 Å². The van der Waals surface area contributed by atoms with Crippen molar-refractivity contribution in [2.75, 3.05) is 31.2 Å². The van der Waals surface area contributed by atoms with E-state index in [0.717, 1.165) is 50.3 Å². The second-order valence-electron chi connectivity index (χ2n) is 3.63. The maximum Gasteiger partial charge on any atom is 0.152 e. The van der Waals surface area contributed by atoms with Crippen LogP contribution < -0.4 is 4.90 Å². The standard InChI is InChI=1S/C12H15NO2/c14-10-11-4-1-2-5-12(11)13-6-3-8-15-9-7-13/h1-2,4-5,10H,3,6-9H2. The van der Waals surface area contributed by atoms with Gasteiger partial charge >= 0.3 is 0 Å². The van der Waals surface area contributed by atoms with Crippen molar-refractivity contribution >= 4 is 12.0 Å². The summed E-state index contributed by atoms with van der Waals surface area (Å²) in [5.74, 6) is 0. The smallest absolute Gasteiger partial charge is 0.152 e. The first kappa shape index (κ1) is 10.2. The fraction of sp³-hybridized carbons (Fsp3) is 0.417. The third kappa shape index (κ3) is 2.36. The third-order valence-corrected chi connectivity index (χ3v) is 2.63. The van der Waals surface area contributed by atoms with Gasteiger partial charge in [0.15, 0.2) is 6.29 Å². The number of anilines is 1. The number of rotatable bonds is 2. The van der Waals surface area contributed by atoms with Gasteiger partial charge in [0.05, 0.1) is 6.61 Å². The highest BCUT2D eigenvalue weighted by Crippen LogP contribution is 2.19. The first-order valence-corrected chi connectivity index (χ1v) is 5.29. The van der Waals surface area contributed by atoms with Gasteiger partial charge in [-0.25, -0.2) is 0 Å². The Morgan fingerprint density at radius 2 is 2.07 bits per heavy atom. The maximum atomic E-state index is 10.9. The first-order chi connectivity index (χ1) is 7.42. The molecule has 0 radical (unpaired) electrons. The molecule has 2 rings (SSSR count). The summed E-state index contributed by atoms with van der Waals surface area (Å²) in [5.41, 5.74) is 1.79. The second-order valence-corrected chi connectivity index (χ2v) is 3.63. The van der Waals surface area contributed by atoms with Gasteiger partial charge in [-0.2, -0.15) is 0 Å². The fourth-order valence-electron chi connectivity index (χ4n) is 1.86. The maximum absolute atomic E-state index is 10.9. The summed E-state index contributed by atoms with van der Waals surface area (Å²) >= 11 is 0. The molecule has 3 nitrogen and oxygen atoms in total. The molecular formula is C12H15NO2. The van der Waals surface area contributed by atoms with Crippen LogP contribution in [0.25, 0.3) is 0 Å². The lowest BCUT2D eigenvalue weighted by atomic mass is 10.1. The van der Waals surface area contributed by atoms with Crippen LogP contribution in [0, 0.1) is 0 Å². The minimum absolute atomic E-state index is 0.743. The molecule has 0 unspecified atom stereocenters. The molecule has 1 aliphatic rings. The number of nitrogens with zero attached hydrogens (tertiary/aromatic N) is 1. The van der Waals surface area contributed by atoms with E-state index >= 15 is 0 Å². The molecule has 1 fully saturated rings. The lowest BCUT2D eigenvalue weighted by Crippen LogP contribution is -2.26. The molecule has 0 amide bonds. The van der Waals surface area contributed by atoms with E-state index in [9.17, 15) is 4.79 Å².